The molecular formula is C24H20O8P2Sn. The third-order valence-corrected chi connectivity index (χ3v) is 5.58. The van der Waals surface area contributed by atoms with Crippen LogP contribution in [0, 0.1) is 0 Å². The molecule has 8 nitrogen and oxygen atoms in total. The van der Waals surface area contributed by atoms with E-state index in [2.05, 4.69) is 0 Å². The van der Waals surface area contributed by atoms with Crippen LogP contribution in [0.4, 0.5) is 0 Å². The van der Waals surface area contributed by atoms with E-state index in [1.807, 2.05) is 0 Å². The molecule has 178 valence electrons. The summed E-state index contributed by atoms with van der Waals surface area (Å²) in [5.74, 6) is 0.895. The minimum absolute atomic E-state index is 0. The van der Waals surface area contributed by atoms with Gasteiger partial charge in [-0.2, -0.15) is 0 Å². The second-order valence-corrected chi connectivity index (χ2v) is 9.03. The Morgan fingerprint density at radius 3 is 0.743 bits per heavy atom. The SMILES string of the molecule is O=P([O-])(Oc1ccccc1)Oc1ccccc1.O=P([O-])(Oc1ccccc1)Oc1ccccc1.[Sn+2]. The average molecular weight is 617 g/mol. The molecule has 0 unspecified atom stereocenters. The van der Waals surface area contributed by atoms with Gasteiger partial charge in [-0.25, -0.2) is 9.13 Å². The van der Waals surface area contributed by atoms with E-state index in [-0.39, 0.29) is 46.9 Å². The molecule has 0 atom stereocenters. The Hall–Kier alpha value is -2.74. The predicted molar refractivity (Wildman–Crippen MR) is 129 cm³/mol. The summed E-state index contributed by atoms with van der Waals surface area (Å²) in [5.41, 5.74) is 0. The van der Waals surface area contributed by atoms with Gasteiger partial charge in [0.25, 0.3) is 0 Å². The van der Waals surface area contributed by atoms with Crippen LogP contribution in [0.1, 0.15) is 0 Å². The van der Waals surface area contributed by atoms with Crippen LogP contribution >= 0.6 is 15.6 Å². The second-order valence-electron chi connectivity index (χ2n) is 6.51. The molecule has 0 aliphatic rings. The topological polar surface area (TPSA) is 117 Å². The average Bonchev–Trinajstić information content (AvgIpc) is 2.81. The van der Waals surface area contributed by atoms with Gasteiger partial charge in [0, 0.05) is 0 Å². The summed E-state index contributed by atoms with van der Waals surface area (Å²) in [5, 5.41) is 0. The van der Waals surface area contributed by atoms with Crippen LogP contribution < -0.4 is 27.9 Å². The van der Waals surface area contributed by atoms with Gasteiger partial charge >= 0.3 is 39.6 Å². The zero-order valence-corrected chi connectivity index (χ0v) is 22.9. The van der Waals surface area contributed by atoms with Crippen LogP contribution in [0.2, 0.25) is 0 Å². The van der Waals surface area contributed by atoms with Crippen molar-refractivity contribution in [3.8, 4) is 23.0 Å². The molecule has 0 fully saturated rings. The number of benzene rings is 4. The van der Waals surface area contributed by atoms with Gasteiger partial charge in [0.15, 0.2) is 0 Å². The van der Waals surface area contributed by atoms with Crippen molar-refractivity contribution in [3.63, 3.8) is 0 Å². The first-order valence-corrected chi connectivity index (χ1v) is 12.8. The second kappa shape index (κ2) is 14.0. The molecule has 0 N–H and O–H groups in total. The van der Waals surface area contributed by atoms with E-state index in [0.29, 0.717) is 0 Å². The zero-order valence-electron chi connectivity index (χ0n) is 18.2. The standard InChI is InChI=1S/2C12H11O4P.Sn/c2*13-17(14,15-11-7-3-1-4-8-11)16-12-9-5-2-6-10-12;/h2*1-10H,(H,13,14);/q;;+2/p-2. The summed E-state index contributed by atoms with van der Waals surface area (Å²) in [6.45, 7) is 0. The normalized spacial score (nSPS) is 10.6. The first-order chi connectivity index (χ1) is 16.3. The molecule has 0 aliphatic heterocycles. The number of rotatable bonds is 8. The summed E-state index contributed by atoms with van der Waals surface area (Å²) < 4.78 is 42.2. The van der Waals surface area contributed by atoms with Gasteiger partial charge in [-0.05, 0) is 48.5 Å². The fourth-order valence-electron chi connectivity index (χ4n) is 2.48. The van der Waals surface area contributed by atoms with Crippen LogP contribution in [0.5, 0.6) is 23.0 Å². The van der Waals surface area contributed by atoms with Crippen molar-refractivity contribution in [2.24, 2.45) is 0 Å². The maximum atomic E-state index is 11.6. The van der Waals surface area contributed by atoms with Gasteiger partial charge in [-0.3, -0.25) is 0 Å². The molecular weight excluding hydrogens is 597 g/mol. The fourth-order valence-corrected chi connectivity index (χ4v) is 4.07. The largest absolute Gasteiger partial charge is 2.00 e. The van der Waals surface area contributed by atoms with Gasteiger partial charge in [-0.1, -0.05) is 72.8 Å². The quantitative estimate of drug-likeness (QED) is 0.204. The van der Waals surface area contributed by atoms with Crippen LogP contribution in [0.25, 0.3) is 0 Å². The number of hydrogen-bond acceptors (Lipinski definition) is 8. The molecule has 2 radical (unpaired) electrons. The number of phosphoric ester groups is 2. The minimum atomic E-state index is -4.39. The van der Waals surface area contributed by atoms with Crippen molar-refractivity contribution in [1.29, 1.82) is 0 Å². The molecule has 0 amide bonds. The van der Waals surface area contributed by atoms with Crippen molar-refractivity contribution >= 4 is 39.6 Å². The maximum absolute atomic E-state index is 11.6. The number of para-hydroxylation sites is 4. The summed E-state index contributed by atoms with van der Waals surface area (Å²) >= 11 is 0. The molecule has 0 heterocycles. The van der Waals surface area contributed by atoms with E-state index in [4.69, 9.17) is 18.1 Å². The third-order valence-electron chi connectivity index (χ3n) is 3.84. The number of phosphoric acid groups is 2. The fraction of sp³-hybridized carbons (Fsp3) is 0. The van der Waals surface area contributed by atoms with Crippen LogP contribution in [0.15, 0.2) is 121 Å². The molecule has 35 heavy (non-hydrogen) atoms. The van der Waals surface area contributed by atoms with Gasteiger partial charge in [0.05, 0.1) is 0 Å². The number of hydrogen-bond donors (Lipinski definition) is 0. The Labute approximate surface area is 220 Å². The molecule has 0 spiro atoms. The zero-order chi connectivity index (χ0) is 24.3. The van der Waals surface area contributed by atoms with E-state index >= 15 is 0 Å². The monoisotopic (exact) mass is 618 g/mol. The molecule has 4 rings (SSSR count). The summed E-state index contributed by atoms with van der Waals surface area (Å²) in [7, 11) is -8.77. The Bertz CT molecular complexity index is 1040. The van der Waals surface area contributed by atoms with Gasteiger partial charge < -0.3 is 27.9 Å². The van der Waals surface area contributed by atoms with E-state index in [1.54, 1.807) is 121 Å². The summed E-state index contributed by atoms with van der Waals surface area (Å²) in [6, 6.07) is 32.8. The van der Waals surface area contributed by atoms with E-state index in [0.717, 1.165) is 0 Å². The summed E-state index contributed by atoms with van der Waals surface area (Å²) in [4.78, 5) is 23.1. The molecule has 4 aromatic rings. The van der Waals surface area contributed by atoms with Crippen molar-refractivity contribution in [2.45, 2.75) is 0 Å². The van der Waals surface area contributed by atoms with Crippen molar-refractivity contribution in [3.05, 3.63) is 121 Å². The summed E-state index contributed by atoms with van der Waals surface area (Å²) in [6.07, 6.45) is 0. The van der Waals surface area contributed by atoms with Crippen LogP contribution in [0.3, 0.4) is 0 Å². The molecule has 0 aliphatic carbocycles. The Kier molecular flexibility index (Phi) is 11.4. The first-order valence-electron chi connectivity index (χ1n) is 9.92. The molecule has 11 heteroatoms. The molecule has 0 saturated carbocycles. The molecule has 0 bridgehead atoms. The first kappa shape index (κ1) is 28.5. The predicted octanol–water partition coefficient (Wildman–Crippen LogP) is 4.84. The van der Waals surface area contributed by atoms with Gasteiger partial charge in [-0.15, -0.1) is 0 Å². The molecule has 0 aromatic heterocycles. The maximum Gasteiger partial charge on any atom is 2.00 e. The van der Waals surface area contributed by atoms with Gasteiger partial charge in [0.2, 0.25) is 0 Å². The smallest absolute Gasteiger partial charge is 0.736 e. The third kappa shape index (κ3) is 11.0. The van der Waals surface area contributed by atoms with Crippen molar-refractivity contribution < 1.29 is 37.0 Å². The Morgan fingerprint density at radius 2 is 0.571 bits per heavy atom. The molecule has 4 aromatic carbocycles. The Balaban J connectivity index is 0.000000240. The van der Waals surface area contributed by atoms with E-state index in [1.165, 1.54) is 0 Å². The Morgan fingerprint density at radius 1 is 0.400 bits per heavy atom. The van der Waals surface area contributed by atoms with E-state index in [9.17, 15) is 18.9 Å². The van der Waals surface area contributed by atoms with Crippen LogP contribution in [-0.2, 0) is 9.13 Å². The minimum Gasteiger partial charge on any atom is -0.736 e. The van der Waals surface area contributed by atoms with E-state index < -0.39 is 15.6 Å². The van der Waals surface area contributed by atoms with Crippen molar-refractivity contribution in [1.82, 2.24) is 0 Å². The van der Waals surface area contributed by atoms with Gasteiger partial charge in [0.1, 0.15) is 23.0 Å². The molecule has 0 saturated heterocycles. The van der Waals surface area contributed by atoms with Crippen molar-refractivity contribution in [2.75, 3.05) is 0 Å². The van der Waals surface area contributed by atoms with Crippen LogP contribution in [-0.4, -0.2) is 23.9 Å².